The highest BCUT2D eigenvalue weighted by molar-refractivity contribution is 9.10. The Bertz CT molecular complexity index is 732. The monoisotopic (exact) mass is 374 g/mol. The van der Waals surface area contributed by atoms with Crippen molar-refractivity contribution in [2.75, 3.05) is 10.6 Å². The second-order valence-corrected chi connectivity index (χ2v) is 5.74. The van der Waals surface area contributed by atoms with Gasteiger partial charge in [-0.05, 0) is 46.3 Å². The van der Waals surface area contributed by atoms with Crippen molar-refractivity contribution >= 4 is 50.7 Å². The molecule has 1 heterocycles. The van der Waals surface area contributed by atoms with Crippen LogP contribution in [0.2, 0.25) is 5.02 Å². The normalized spacial score (nSPS) is 10.3. The number of aromatic nitrogens is 2. The van der Waals surface area contributed by atoms with Gasteiger partial charge in [-0.3, -0.25) is 0 Å². The van der Waals surface area contributed by atoms with Crippen molar-refractivity contribution in [3.8, 4) is 0 Å². The van der Waals surface area contributed by atoms with E-state index in [1.807, 2.05) is 48.5 Å². The predicted octanol–water partition coefficient (Wildman–Crippen LogP) is 5.38. The summed E-state index contributed by atoms with van der Waals surface area (Å²) in [5.41, 5.74) is 1.70. The molecule has 0 radical (unpaired) electrons. The van der Waals surface area contributed by atoms with E-state index in [1.165, 1.54) is 0 Å². The van der Waals surface area contributed by atoms with Crippen LogP contribution >= 0.6 is 27.5 Å². The average molecular weight is 376 g/mol. The molecule has 0 amide bonds. The standard InChI is InChI=1S/C16H12BrClN4/c17-11-5-1-3-7-13(11)20-15-9-10-19-16(22-15)21-14-8-4-2-6-12(14)18/h1-10H,(H2,19,20,21,22). The largest absolute Gasteiger partial charge is 0.339 e. The maximum Gasteiger partial charge on any atom is 0.229 e. The smallest absolute Gasteiger partial charge is 0.229 e. The molecule has 6 heteroatoms. The molecule has 0 saturated heterocycles. The lowest BCUT2D eigenvalue weighted by molar-refractivity contribution is 1.16. The van der Waals surface area contributed by atoms with Crippen LogP contribution in [0.5, 0.6) is 0 Å². The molecule has 4 nitrogen and oxygen atoms in total. The predicted molar refractivity (Wildman–Crippen MR) is 94.2 cm³/mol. The van der Waals surface area contributed by atoms with E-state index >= 15 is 0 Å². The van der Waals surface area contributed by atoms with Crippen molar-refractivity contribution in [3.63, 3.8) is 0 Å². The van der Waals surface area contributed by atoms with Crippen molar-refractivity contribution in [1.29, 1.82) is 0 Å². The van der Waals surface area contributed by atoms with Gasteiger partial charge in [0.25, 0.3) is 0 Å². The molecule has 3 rings (SSSR count). The topological polar surface area (TPSA) is 49.8 Å². The molecule has 22 heavy (non-hydrogen) atoms. The van der Waals surface area contributed by atoms with E-state index in [2.05, 4.69) is 36.5 Å². The molecule has 0 aliphatic carbocycles. The van der Waals surface area contributed by atoms with Crippen LogP contribution in [0.15, 0.2) is 65.3 Å². The summed E-state index contributed by atoms with van der Waals surface area (Å²) in [4.78, 5) is 8.64. The summed E-state index contributed by atoms with van der Waals surface area (Å²) < 4.78 is 0.967. The third-order valence-electron chi connectivity index (χ3n) is 2.91. The highest BCUT2D eigenvalue weighted by atomic mass is 79.9. The van der Waals surface area contributed by atoms with Gasteiger partial charge in [0, 0.05) is 10.7 Å². The Hall–Kier alpha value is -2.11. The first-order chi connectivity index (χ1) is 10.7. The van der Waals surface area contributed by atoms with E-state index in [9.17, 15) is 0 Å². The van der Waals surface area contributed by atoms with Gasteiger partial charge in [0.2, 0.25) is 5.95 Å². The molecular formula is C16H12BrClN4. The number of halogens is 2. The number of hydrogen-bond donors (Lipinski definition) is 2. The first-order valence-electron chi connectivity index (χ1n) is 6.58. The van der Waals surface area contributed by atoms with Crippen molar-refractivity contribution in [2.45, 2.75) is 0 Å². The maximum atomic E-state index is 6.12. The van der Waals surface area contributed by atoms with Gasteiger partial charge in [-0.1, -0.05) is 35.9 Å². The lowest BCUT2D eigenvalue weighted by atomic mass is 10.3. The van der Waals surface area contributed by atoms with Gasteiger partial charge < -0.3 is 10.6 Å². The Morgan fingerprint density at radius 3 is 2.36 bits per heavy atom. The second kappa shape index (κ2) is 6.77. The fourth-order valence-corrected chi connectivity index (χ4v) is 2.44. The van der Waals surface area contributed by atoms with Crippen molar-refractivity contribution < 1.29 is 0 Å². The molecular weight excluding hydrogens is 364 g/mol. The lowest BCUT2D eigenvalue weighted by Gasteiger charge is -2.10. The van der Waals surface area contributed by atoms with E-state index in [1.54, 1.807) is 12.3 Å². The van der Waals surface area contributed by atoms with Crippen LogP contribution in [-0.4, -0.2) is 9.97 Å². The Morgan fingerprint density at radius 2 is 1.59 bits per heavy atom. The van der Waals surface area contributed by atoms with Crippen LogP contribution in [0.4, 0.5) is 23.1 Å². The molecule has 0 bridgehead atoms. The number of benzene rings is 2. The molecule has 0 aliphatic rings. The van der Waals surface area contributed by atoms with Crippen molar-refractivity contribution in [2.24, 2.45) is 0 Å². The third kappa shape index (κ3) is 3.55. The zero-order chi connectivity index (χ0) is 15.4. The Morgan fingerprint density at radius 1 is 0.864 bits per heavy atom. The summed E-state index contributed by atoms with van der Waals surface area (Å²) in [5.74, 6) is 1.17. The molecule has 0 saturated carbocycles. The molecule has 1 aromatic heterocycles. The zero-order valence-electron chi connectivity index (χ0n) is 11.4. The molecule has 0 unspecified atom stereocenters. The molecule has 2 aromatic carbocycles. The molecule has 0 spiro atoms. The number of para-hydroxylation sites is 2. The van der Waals surface area contributed by atoms with Crippen molar-refractivity contribution in [1.82, 2.24) is 9.97 Å². The molecule has 0 aliphatic heterocycles. The summed E-state index contributed by atoms with van der Waals surface area (Å²) in [6, 6.07) is 17.1. The van der Waals surface area contributed by atoms with Crippen LogP contribution in [0.1, 0.15) is 0 Å². The van der Waals surface area contributed by atoms with Gasteiger partial charge >= 0.3 is 0 Å². The molecule has 110 valence electrons. The van der Waals surface area contributed by atoms with Crippen LogP contribution in [0.25, 0.3) is 0 Å². The van der Waals surface area contributed by atoms with Gasteiger partial charge in [0.05, 0.1) is 16.4 Å². The van der Waals surface area contributed by atoms with Crippen molar-refractivity contribution in [3.05, 3.63) is 70.3 Å². The van der Waals surface area contributed by atoms with E-state index in [0.717, 1.165) is 15.8 Å². The average Bonchev–Trinajstić information content (AvgIpc) is 2.52. The van der Waals surface area contributed by atoms with Crippen LogP contribution in [-0.2, 0) is 0 Å². The second-order valence-electron chi connectivity index (χ2n) is 4.48. The van der Waals surface area contributed by atoms with E-state index < -0.39 is 0 Å². The molecule has 0 fully saturated rings. The minimum Gasteiger partial charge on any atom is -0.339 e. The van der Waals surface area contributed by atoms with Gasteiger partial charge in [0.1, 0.15) is 5.82 Å². The fraction of sp³-hybridized carbons (Fsp3) is 0. The highest BCUT2D eigenvalue weighted by Crippen LogP contribution is 2.26. The molecule has 0 atom stereocenters. The Balaban J connectivity index is 1.81. The number of hydrogen-bond acceptors (Lipinski definition) is 4. The number of rotatable bonds is 4. The minimum absolute atomic E-state index is 0.477. The summed E-state index contributed by atoms with van der Waals surface area (Å²) in [5, 5.41) is 6.97. The summed E-state index contributed by atoms with van der Waals surface area (Å²) in [6.07, 6.45) is 1.69. The van der Waals surface area contributed by atoms with Gasteiger partial charge in [-0.2, -0.15) is 4.98 Å². The molecule has 3 aromatic rings. The first kappa shape index (κ1) is 14.8. The lowest BCUT2D eigenvalue weighted by Crippen LogP contribution is -2.00. The summed E-state index contributed by atoms with van der Waals surface area (Å²) in [6.45, 7) is 0. The Kier molecular flexibility index (Phi) is 4.56. The van der Waals surface area contributed by atoms with E-state index in [-0.39, 0.29) is 0 Å². The number of anilines is 4. The zero-order valence-corrected chi connectivity index (χ0v) is 13.8. The first-order valence-corrected chi connectivity index (χ1v) is 7.75. The maximum absolute atomic E-state index is 6.12. The molecule has 2 N–H and O–H groups in total. The van der Waals surface area contributed by atoms with Crippen LogP contribution < -0.4 is 10.6 Å². The van der Waals surface area contributed by atoms with Gasteiger partial charge in [-0.15, -0.1) is 0 Å². The SMILES string of the molecule is Clc1ccccc1Nc1nccc(Nc2ccccc2Br)n1. The minimum atomic E-state index is 0.477. The van der Waals surface area contributed by atoms with Gasteiger partial charge in [-0.25, -0.2) is 4.98 Å². The van der Waals surface area contributed by atoms with E-state index in [0.29, 0.717) is 16.8 Å². The quantitative estimate of drug-likeness (QED) is 0.643. The highest BCUT2D eigenvalue weighted by Gasteiger charge is 2.04. The number of nitrogens with zero attached hydrogens (tertiary/aromatic N) is 2. The van der Waals surface area contributed by atoms with E-state index in [4.69, 9.17) is 11.6 Å². The summed E-state index contributed by atoms with van der Waals surface area (Å²) >= 11 is 9.62. The summed E-state index contributed by atoms with van der Waals surface area (Å²) in [7, 11) is 0. The Labute approximate surface area is 141 Å². The third-order valence-corrected chi connectivity index (χ3v) is 3.93. The van der Waals surface area contributed by atoms with Crippen LogP contribution in [0.3, 0.4) is 0 Å². The van der Waals surface area contributed by atoms with Gasteiger partial charge in [0.15, 0.2) is 0 Å². The fourth-order valence-electron chi connectivity index (χ4n) is 1.87. The number of nitrogens with one attached hydrogen (secondary N) is 2. The van der Waals surface area contributed by atoms with Crippen LogP contribution in [0, 0.1) is 0 Å².